The normalized spacial score (nSPS) is 22.3. The molecule has 1 heterocycles. The fraction of sp³-hybridized carbons (Fsp3) is 0.438. The number of ether oxygens (including phenoxy) is 2. The molecule has 0 aliphatic carbocycles. The van der Waals surface area contributed by atoms with Gasteiger partial charge in [-0.3, -0.25) is 9.69 Å². The monoisotopic (exact) mass is 324 g/mol. The highest BCUT2D eigenvalue weighted by atomic mass is 35.5. The van der Waals surface area contributed by atoms with Crippen molar-refractivity contribution in [2.45, 2.75) is 25.7 Å². The number of carbonyl (C=O) groups excluding carboxylic acids is 1. The van der Waals surface area contributed by atoms with Gasteiger partial charge in [0.15, 0.2) is 0 Å². The SMILES string of the molecule is C=CCOc1ccc(CN2C[C@@H](C)O[C@@H](C(N)=O)C2)cc1Cl. The molecule has 0 aromatic heterocycles. The summed E-state index contributed by atoms with van der Waals surface area (Å²) in [5.41, 5.74) is 6.39. The Morgan fingerprint density at radius 1 is 1.59 bits per heavy atom. The number of hydrogen-bond acceptors (Lipinski definition) is 4. The van der Waals surface area contributed by atoms with Crippen LogP contribution in [0.25, 0.3) is 0 Å². The molecule has 1 aromatic rings. The number of hydrogen-bond donors (Lipinski definition) is 1. The molecule has 2 atom stereocenters. The standard InChI is InChI=1S/C16H21ClN2O3/c1-3-6-21-14-5-4-12(7-13(14)17)9-19-8-11(2)22-15(10-19)16(18)20/h3-5,7,11,15H,1,6,8-10H2,2H3,(H2,18,20)/t11-,15-/m1/s1. The molecule has 1 amide bonds. The van der Waals surface area contributed by atoms with E-state index >= 15 is 0 Å². The molecule has 0 radical (unpaired) electrons. The van der Waals surface area contributed by atoms with E-state index in [1.807, 2.05) is 25.1 Å². The van der Waals surface area contributed by atoms with Crippen LogP contribution in [0, 0.1) is 0 Å². The summed E-state index contributed by atoms with van der Waals surface area (Å²) >= 11 is 6.21. The van der Waals surface area contributed by atoms with E-state index in [0.29, 0.717) is 30.5 Å². The van der Waals surface area contributed by atoms with Gasteiger partial charge >= 0.3 is 0 Å². The van der Waals surface area contributed by atoms with E-state index in [4.69, 9.17) is 26.8 Å². The first-order chi connectivity index (χ1) is 10.5. The molecule has 2 rings (SSSR count). The Morgan fingerprint density at radius 2 is 2.36 bits per heavy atom. The summed E-state index contributed by atoms with van der Waals surface area (Å²) in [6.45, 7) is 7.87. The minimum absolute atomic E-state index is 0.0306. The molecule has 0 bridgehead atoms. The average molecular weight is 325 g/mol. The summed E-state index contributed by atoms with van der Waals surface area (Å²) in [5, 5.41) is 0.562. The highest BCUT2D eigenvalue weighted by Gasteiger charge is 2.28. The summed E-state index contributed by atoms with van der Waals surface area (Å²) in [5.74, 6) is 0.207. The van der Waals surface area contributed by atoms with Gasteiger partial charge in [0.05, 0.1) is 11.1 Å². The Labute approximate surface area is 135 Å². The minimum atomic E-state index is -0.561. The number of primary amides is 1. The molecule has 22 heavy (non-hydrogen) atoms. The summed E-state index contributed by atoms with van der Waals surface area (Å²) in [6.07, 6.45) is 1.08. The lowest BCUT2D eigenvalue weighted by Gasteiger charge is -2.35. The van der Waals surface area contributed by atoms with Crippen molar-refractivity contribution < 1.29 is 14.3 Å². The number of morpholine rings is 1. The lowest BCUT2D eigenvalue weighted by Crippen LogP contribution is -2.51. The Morgan fingerprint density at radius 3 is 3.00 bits per heavy atom. The largest absolute Gasteiger partial charge is 0.488 e. The molecular weight excluding hydrogens is 304 g/mol. The number of benzene rings is 1. The van der Waals surface area contributed by atoms with Crippen molar-refractivity contribution in [3.63, 3.8) is 0 Å². The van der Waals surface area contributed by atoms with E-state index in [1.54, 1.807) is 6.08 Å². The van der Waals surface area contributed by atoms with E-state index in [0.717, 1.165) is 12.1 Å². The van der Waals surface area contributed by atoms with Crippen LogP contribution in [0.1, 0.15) is 12.5 Å². The second-order valence-electron chi connectivity index (χ2n) is 5.40. The van der Waals surface area contributed by atoms with E-state index < -0.39 is 12.0 Å². The number of rotatable bonds is 6. The fourth-order valence-corrected chi connectivity index (χ4v) is 2.75. The topological polar surface area (TPSA) is 64.8 Å². The predicted molar refractivity (Wildman–Crippen MR) is 86.0 cm³/mol. The van der Waals surface area contributed by atoms with Gasteiger partial charge in [-0.2, -0.15) is 0 Å². The maximum Gasteiger partial charge on any atom is 0.247 e. The molecule has 1 aromatic carbocycles. The van der Waals surface area contributed by atoms with Gasteiger partial charge in [0.1, 0.15) is 18.5 Å². The molecule has 2 N–H and O–H groups in total. The summed E-state index contributed by atoms with van der Waals surface area (Å²) in [6, 6.07) is 5.68. The lowest BCUT2D eigenvalue weighted by atomic mass is 10.1. The molecule has 0 unspecified atom stereocenters. The number of amides is 1. The van der Waals surface area contributed by atoms with E-state index in [2.05, 4.69) is 11.5 Å². The second-order valence-corrected chi connectivity index (χ2v) is 5.80. The van der Waals surface area contributed by atoms with Crippen LogP contribution >= 0.6 is 11.6 Å². The van der Waals surface area contributed by atoms with Crippen LogP contribution in [0.3, 0.4) is 0 Å². The summed E-state index contributed by atoms with van der Waals surface area (Å²) < 4.78 is 11.0. The van der Waals surface area contributed by atoms with Crippen molar-refractivity contribution in [2.75, 3.05) is 19.7 Å². The van der Waals surface area contributed by atoms with Crippen molar-refractivity contribution in [1.29, 1.82) is 0 Å². The number of carbonyl (C=O) groups is 1. The maximum atomic E-state index is 11.3. The number of nitrogens with two attached hydrogens (primary N) is 1. The van der Waals surface area contributed by atoms with Crippen LogP contribution in [0.2, 0.25) is 5.02 Å². The zero-order valence-electron chi connectivity index (χ0n) is 12.6. The van der Waals surface area contributed by atoms with Gasteiger partial charge in [-0.25, -0.2) is 0 Å². The first kappa shape index (κ1) is 16.8. The molecule has 0 spiro atoms. The van der Waals surface area contributed by atoms with Crippen LogP contribution < -0.4 is 10.5 Å². The Kier molecular flexibility index (Phi) is 5.83. The van der Waals surface area contributed by atoms with E-state index in [1.165, 1.54) is 0 Å². The van der Waals surface area contributed by atoms with Gasteiger partial charge in [0.25, 0.3) is 0 Å². The lowest BCUT2D eigenvalue weighted by molar-refractivity contribution is -0.142. The second kappa shape index (κ2) is 7.63. The smallest absolute Gasteiger partial charge is 0.247 e. The fourth-order valence-electron chi connectivity index (χ4n) is 2.49. The molecule has 1 fully saturated rings. The third kappa shape index (κ3) is 4.47. The zero-order chi connectivity index (χ0) is 16.1. The zero-order valence-corrected chi connectivity index (χ0v) is 13.4. The maximum absolute atomic E-state index is 11.3. The first-order valence-corrected chi connectivity index (χ1v) is 7.56. The van der Waals surface area contributed by atoms with E-state index in [-0.39, 0.29) is 6.10 Å². The average Bonchev–Trinajstić information content (AvgIpc) is 2.46. The van der Waals surface area contributed by atoms with Gasteiger partial charge < -0.3 is 15.2 Å². The summed E-state index contributed by atoms with van der Waals surface area (Å²) in [4.78, 5) is 13.5. The molecule has 6 heteroatoms. The van der Waals surface area contributed by atoms with Gasteiger partial charge in [-0.05, 0) is 24.6 Å². The third-order valence-electron chi connectivity index (χ3n) is 3.41. The van der Waals surface area contributed by atoms with Crippen molar-refractivity contribution in [3.8, 4) is 5.75 Å². The molecular formula is C16H21ClN2O3. The highest BCUT2D eigenvalue weighted by molar-refractivity contribution is 6.32. The number of nitrogens with zero attached hydrogens (tertiary/aromatic N) is 1. The number of halogens is 1. The van der Waals surface area contributed by atoms with Gasteiger partial charge in [-0.15, -0.1) is 0 Å². The Balaban J connectivity index is 2.02. The first-order valence-electron chi connectivity index (χ1n) is 7.19. The highest BCUT2D eigenvalue weighted by Crippen LogP contribution is 2.26. The van der Waals surface area contributed by atoms with Crippen molar-refractivity contribution >= 4 is 17.5 Å². The van der Waals surface area contributed by atoms with Crippen LogP contribution in [0.5, 0.6) is 5.75 Å². The molecule has 1 aliphatic rings. The Bertz CT molecular complexity index is 550. The molecule has 1 saturated heterocycles. The molecule has 5 nitrogen and oxygen atoms in total. The summed E-state index contributed by atoms with van der Waals surface area (Å²) in [7, 11) is 0. The van der Waals surface area contributed by atoms with Crippen LogP contribution in [0.15, 0.2) is 30.9 Å². The van der Waals surface area contributed by atoms with Gasteiger partial charge in [0.2, 0.25) is 5.91 Å². The van der Waals surface area contributed by atoms with Crippen LogP contribution in [0.4, 0.5) is 0 Å². The Hall–Kier alpha value is -1.56. The molecule has 120 valence electrons. The van der Waals surface area contributed by atoms with Crippen LogP contribution in [-0.4, -0.2) is 42.7 Å². The molecule has 0 saturated carbocycles. The van der Waals surface area contributed by atoms with Crippen molar-refractivity contribution in [2.24, 2.45) is 5.73 Å². The van der Waals surface area contributed by atoms with E-state index in [9.17, 15) is 4.79 Å². The van der Waals surface area contributed by atoms with Crippen molar-refractivity contribution in [3.05, 3.63) is 41.4 Å². The van der Waals surface area contributed by atoms with Gasteiger partial charge in [0, 0.05) is 19.6 Å². The molecule has 1 aliphatic heterocycles. The predicted octanol–water partition coefficient (Wildman–Crippen LogP) is 1.98. The quantitative estimate of drug-likeness (QED) is 0.813. The van der Waals surface area contributed by atoms with Crippen molar-refractivity contribution in [1.82, 2.24) is 4.90 Å². The van der Waals surface area contributed by atoms with Crippen LogP contribution in [-0.2, 0) is 16.1 Å². The third-order valence-corrected chi connectivity index (χ3v) is 3.71. The minimum Gasteiger partial charge on any atom is -0.488 e. The van der Waals surface area contributed by atoms with Gasteiger partial charge in [-0.1, -0.05) is 30.3 Å².